The van der Waals surface area contributed by atoms with Gasteiger partial charge in [-0.3, -0.25) is 4.79 Å². The summed E-state index contributed by atoms with van der Waals surface area (Å²) < 4.78 is 4.63. The summed E-state index contributed by atoms with van der Waals surface area (Å²) in [4.78, 5) is 11.6. The number of hydrogen-bond acceptors (Lipinski definition) is 3. The maximum atomic E-state index is 11.6. The standard InChI is InChI=1S/C10H14O2S/c1-12-9(11)10(13-2)7-5-3-4-6-8(7)10/h3,5,7-8H,4,6H2,1-2H3. The first-order valence-electron chi connectivity index (χ1n) is 4.57. The van der Waals surface area contributed by atoms with Crippen LogP contribution in [0.25, 0.3) is 0 Å². The van der Waals surface area contributed by atoms with Crippen LogP contribution in [-0.4, -0.2) is 24.1 Å². The van der Waals surface area contributed by atoms with E-state index in [9.17, 15) is 4.79 Å². The van der Waals surface area contributed by atoms with Gasteiger partial charge < -0.3 is 4.74 Å². The maximum Gasteiger partial charge on any atom is 0.322 e. The lowest BCUT2D eigenvalue weighted by molar-refractivity contribution is -0.141. The van der Waals surface area contributed by atoms with E-state index in [4.69, 9.17) is 4.74 Å². The molecule has 72 valence electrons. The largest absolute Gasteiger partial charge is 0.468 e. The SMILES string of the molecule is COC(=O)C1(SC)C2C=CCCC21. The molecule has 0 aliphatic heterocycles. The molecule has 0 heterocycles. The van der Waals surface area contributed by atoms with Crippen LogP contribution in [0, 0.1) is 11.8 Å². The van der Waals surface area contributed by atoms with Gasteiger partial charge in [0.05, 0.1) is 7.11 Å². The van der Waals surface area contributed by atoms with Crippen molar-refractivity contribution in [2.75, 3.05) is 13.4 Å². The van der Waals surface area contributed by atoms with Gasteiger partial charge in [-0.15, -0.1) is 11.8 Å². The molecule has 3 heteroatoms. The Balaban J connectivity index is 2.21. The van der Waals surface area contributed by atoms with E-state index in [1.54, 1.807) is 11.8 Å². The van der Waals surface area contributed by atoms with Crippen molar-refractivity contribution in [1.82, 2.24) is 0 Å². The number of carbonyl (C=O) groups excluding carboxylic acids is 1. The highest BCUT2D eigenvalue weighted by Crippen LogP contribution is 2.63. The topological polar surface area (TPSA) is 26.3 Å². The highest BCUT2D eigenvalue weighted by molar-refractivity contribution is 8.01. The lowest BCUT2D eigenvalue weighted by atomic mass is 10.1. The summed E-state index contributed by atoms with van der Waals surface area (Å²) in [6.07, 6.45) is 8.62. The number of esters is 1. The van der Waals surface area contributed by atoms with Crippen LogP contribution in [0.15, 0.2) is 12.2 Å². The van der Waals surface area contributed by atoms with Crippen molar-refractivity contribution < 1.29 is 9.53 Å². The van der Waals surface area contributed by atoms with Gasteiger partial charge in [-0.1, -0.05) is 12.2 Å². The second-order valence-corrected chi connectivity index (χ2v) is 4.71. The average Bonchev–Trinajstić information content (AvgIpc) is 2.86. The first-order valence-corrected chi connectivity index (χ1v) is 5.80. The van der Waals surface area contributed by atoms with Gasteiger partial charge in [0.2, 0.25) is 0 Å². The molecule has 0 bridgehead atoms. The number of carbonyl (C=O) groups is 1. The quantitative estimate of drug-likeness (QED) is 0.500. The van der Waals surface area contributed by atoms with Crippen LogP contribution < -0.4 is 0 Å². The number of hydrogen-bond donors (Lipinski definition) is 0. The van der Waals surface area contributed by atoms with Gasteiger partial charge in [-0.2, -0.15) is 0 Å². The van der Waals surface area contributed by atoms with Gasteiger partial charge in [-0.25, -0.2) is 0 Å². The monoisotopic (exact) mass is 198 g/mol. The Labute approximate surface area is 82.7 Å². The molecule has 0 spiro atoms. The van der Waals surface area contributed by atoms with Crippen LogP contribution in [0.5, 0.6) is 0 Å². The predicted molar refractivity (Wildman–Crippen MR) is 53.6 cm³/mol. The van der Waals surface area contributed by atoms with Crippen LogP contribution >= 0.6 is 11.8 Å². The molecular weight excluding hydrogens is 184 g/mol. The van der Waals surface area contributed by atoms with E-state index >= 15 is 0 Å². The Hall–Kier alpha value is -0.440. The van der Waals surface area contributed by atoms with Crippen LogP contribution in [0.2, 0.25) is 0 Å². The first-order chi connectivity index (χ1) is 6.27. The smallest absolute Gasteiger partial charge is 0.322 e. The molecular formula is C10H14O2S. The Morgan fingerprint density at radius 1 is 1.69 bits per heavy atom. The Kier molecular flexibility index (Phi) is 2.14. The summed E-state index contributed by atoms with van der Waals surface area (Å²) in [5.41, 5.74) is 0. The normalized spacial score (nSPS) is 41.1. The zero-order chi connectivity index (χ0) is 9.47. The van der Waals surface area contributed by atoms with Crippen LogP contribution in [0.3, 0.4) is 0 Å². The summed E-state index contributed by atoms with van der Waals surface area (Å²) in [7, 11) is 1.48. The van der Waals surface area contributed by atoms with Gasteiger partial charge >= 0.3 is 5.97 Å². The van der Waals surface area contributed by atoms with E-state index in [1.807, 2.05) is 6.26 Å². The molecule has 3 atom stereocenters. The van der Waals surface area contributed by atoms with E-state index in [-0.39, 0.29) is 10.7 Å². The van der Waals surface area contributed by atoms with Crippen molar-refractivity contribution in [3.8, 4) is 0 Å². The zero-order valence-electron chi connectivity index (χ0n) is 7.95. The molecule has 2 nitrogen and oxygen atoms in total. The fourth-order valence-corrected chi connectivity index (χ4v) is 3.73. The molecule has 1 fully saturated rings. The second kappa shape index (κ2) is 3.05. The van der Waals surface area contributed by atoms with Gasteiger partial charge in [-0.05, 0) is 25.0 Å². The molecule has 0 N–H and O–H groups in total. The fraction of sp³-hybridized carbons (Fsp3) is 0.700. The molecule has 0 amide bonds. The molecule has 2 aliphatic carbocycles. The summed E-state index contributed by atoms with van der Waals surface area (Å²) >= 11 is 1.65. The molecule has 0 radical (unpaired) electrons. The number of methoxy groups -OCH3 is 1. The lowest BCUT2D eigenvalue weighted by Gasteiger charge is -2.10. The Bertz CT molecular complexity index is 262. The summed E-state index contributed by atoms with van der Waals surface area (Å²) in [5.74, 6) is 0.921. The molecule has 0 aromatic carbocycles. The van der Waals surface area contributed by atoms with E-state index in [0.717, 1.165) is 12.8 Å². The van der Waals surface area contributed by atoms with Crippen LogP contribution in [0.1, 0.15) is 12.8 Å². The van der Waals surface area contributed by atoms with Crippen molar-refractivity contribution >= 4 is 17.7 Å². The molecule has 2 aliphatic rings. The maximum absolute atomic E-state index is 11.6. The van der Waals surface area contributed by atoms with Crippen molar-refractivity contribution in [3.05, 3.63) is 12.2 Å². The zero-order valence-corrected chi connectivity index (χ0v) is 8.76. The summed E-state index contributed by atoms with van der Waals surface area (Å²) in [5, 5.41) is 0. The molecule has 13 heavy (non-hydrogen) atoms. The van der Waals surface area contributed by atoms with Gasteiger partial charge in [0.25, 0.3) is 0 Å². The van der Waals surface area contributed by atoms with E-state index in [2.05, 4.69) is 12.2 Å². The Morgan fingerprint density at radius 2 is 2.46 bits per heavy atom. The number of thioether (sulfide) groups is 1. The average molecular weight is 198 g/mol. The van der Waals surface area contributed by atoms with Gasteiger partial charge in [0, 0.05) is 5.92 Å². The highest BCUT2D eigenvalue weighted by atomic mass is 32.2. The minimum atomic E-state index is -0.234. The first kappa shape index (κ1) is 9.13. The number of allylic oxidation sites excluding steroid dienone is 2. The molecule has 2 rings (SSSR count). The van der Waals surface area contributed by atoms with Crippen molar-refractivity contribution in [2.45, 2.75) is 17.6 Å². The molecule has 1 saturated carbocycles. The fourth-order valence-electron chi connectivity index (χ4n) is 2.47. The van der Waals surface area contributed by atoms with Crippen molar-refractivity contribution in [1.29, 1.82) is 0 Å². The van der Waals surface area contributed by atoms with E-state index < -0.39 is 0 Å². The summed E-state index contributed by atoms with van der Waals surface area (Å²) in [6, 6.07) is 0. The minimum absolute atomic E-state index is 0.0402. The van der Waals surface area contributed by atoms with E-state index in [0.29, 0.717) is 11.8 Å². The third-order valence-corrected chi connectivity index (χ3v) is 4.62. The third kappa shape index (κ3) is 1.06. The molecule has 0 saturated heterocycles. The van der Waals surface area contributed by atoms with E-state index in [1.165, 1.54) is 7.11 Å². The number of fused-ring (bicyclic) bond motifs is 1. The van der Waals surface area contributed by atoms with Gasteiger partial charge in [0.1, 0.15) is 4.75 Å². The molecule has 3 unspecified atom stereocenters. The predicted octanol–water partition coefficient (Wildman–Crippen LogP) is 1.86. The number of ether oxygens (including phenoxy) is 1. The van der Waals surface area contributed by atoms with Crippen molar-refractivity contribution in [2.24, 2.45) is 11.8 Å². The highest BCUT2D eigenvalue weighted by Gasteiger charge is 2.69. The minimum Gasteiger partial charge on any atom is -0.468 e. The van der Waals surface area contributed by atoms with Crippen LogP contribution in [0.4, 0.5) is 0 Å². The third-order valence-electron chi connectivity index (χ3n) is 3.20. The Morgan fingerprint density at radius 3 is 2.92 bits per heavy atom. The summed E-state index contributed by atoms with van der Waals surface area (Å²) in [6.45, 7) is 0. The molecule has 0 aromatic heterocycles. The second-order valence-electron chi connectivity index (χ2n) is 3.63. The number of rotatable bonds is 2. The van der Waals surface area contributed by atoms with Crippen molar-refractivity contribution in [3.63, 3.8) is 0 Å². The van der Waals surface area contributed by atoms with Crippen LogP contribution in [-0.2, 0) is 9.53 Å². The van der Waals surface area contributed by atoms with Gasteiger partial charge in [0.15, 0.2) is 0 Å². The molecule has 0 aromatic rings. The lowest BCUT2D eigenvalue weighted by Crippen LogP contribution is -2.24.